The number of amides is 1. The van der Waals surface area contributed by atoms with Crippen molar-refractivity contribution in [2.45, 2.75) is 42.9 Å². The lowest BCUT2D eigenvalue weighted by atomic mass is 10.1. The Morgan fingerprint density at radius 2 is 1.75 bits per heavy atom. The van der Waals surface area contributed by atoms with Crippen LogP contribution in [0.25, 0.3) is 21.3 Å². The van der Waals surface area contributed by atoms with E-state index in [0.717, 1.165) is 35.6 Å². The smallest absolute Gasteiger partial charge is 0.246 e. The Bertz CT molecular complexity index is 1610. The Morgan fingerprint density at radius 3 is 2.42 bits per heavy atom. The third kappa shape index (κ3) is 7.12. The molecule has 0 radical (unpaired) electrons. The van der Waals surface area contributed by atoms with Crippen LogP contribution in [0.3, 0.4) is 0 Å². The fourth-order valence-electron chi connectivity index (χ4n) is 3.88. The number of thiazole rings is 1. The van der Waals surface area contributed by atoms with Gasteiger partial charge in [0.05, 0.1) is 27.8 Å². The molecule has 0 saturated carbocycles. The first-order valence-electron chi connectivity index (χ1n) is 12.5. The Morgan fingerprint density at radius 1 is 1.02 bits per heavy atom. The highest BCUT2D eigenvalue weighted by molar-refractivity contribution is 7.92. The number of hydrogen-bond donors (Lipinski definition) is 1. The maximum atomic E-state index is 13.6. The van der Waals surface area contributed by atoms with E-state index >= 15 is 0 Å². The third-order valence-corrected chi connectivity index (χ3v) is 9.11. The molecule has 1 amide bonds. The lowest BCUT2D eigenvalue weighted by molar-refractivity contribution is -0.125. The molecule has 0 fully saturated rings. The van der Waals surface area contributed by atoms with Crippen LogP contribution in [-0.2, 0) is 24.2 Å². The normalized spacial score (nSPS) is 12.5. The van der Waals surface area contributed by atoms with Crippen molar-refractivity contribution in [3.05, 3.63) is 77.6 Å². The monoisotopic (exact) mass is 587 g/mol. The van der Waals surface area contributed by atoms with Crippen molar-refractivity contribution in [1.29, 1.82) is 0 Å². The molecule has 2 aromatic carbocycles. The first-order valence-corrected chi connectivity index (χ1v) is 14.8. The highest BCUT2D eigenvalue weighted by Crippen LogP contribution is 2.36. The molecular formula is C28H27F2N3O5S2. The number of Topliss-reactive ketones (excluding diaryl/α,β-unsaturated/α-hetero) is 1. The third-order valence-electron chi connectivity index (χ3n) is 5.89. The van der Waals surface area contributed by atoms with Gasteiger partial charge in [-0.1, -0.05) is 6.07 Å². The van der Waals surface area contributed by atoms with Crippen molar-refractivity contribution in [3.63, 3.8) is 0 Å². The number of fused-ring (bicyclic) bond motifs is 1. The standard InChI is InChI=1S/C28H27F2N3O5S2/c1-17(2)38-13-3-4-21(34)16-32-27(35)26(40(36,37)22-9-7-20(29)8-10-22)28-33-23-11-5-18(14-24(23)39-28)19-6-12-25(30)31-15-19/h5-12,14-15,17,26H,3-4,13,16H2,1-2H3,(H,32,35). The van der Waals surface area contributed by atoms with E-state index in [-0.39, 0.29) is 34.8 Å². The minimum Gasteiger partial charge on any atom is -0.379 e. The number of carbonyl (C=O) groups excluding carboxylic acids is 2. The van der Waals surface area contributed by atoms with Crippen LogP contribution in [0.1, 0.15) is 36.9 Å². The Balaban J connectivity index is 1.62. The van der Waals surface area contributed by atoms with Crippen molar-refractivity contribution in [2.24, 2.45) is 0 Å². The molecular weight excluding hydrogens is 560 g/mol. The SMILES string of the molecule is CC(C)OCCCC(=O)CNC(=O)C(c1nc2ccc(-c3ccc(F)nc3)cc2s1)S(=O)(=O)c1ccc(F)cc1. The van der Waals surface area contributed by atoms with Gasteiger partial charge >= 0.3 is 0 Å². The van der Waals surface area contributed by atoms with Crippen molar-refractivity contribution in [2.75, 3.05) is 13.2 Å². The molecule has 1 unspecified atom stereocenters. The Labute approximate surface area is 234 Å². The van der Waals surface area contributed by atoms with Gasteiger partial charge in [-0.05, 0) is 74.4 Å². The van der Waals surface area contributed by atoms with E-state index in [2.05, 4.69) is 15.3 Å². The van der Waals surface area contributed by atoms with Crippen LogP contribution in [0.15, 0.2) is 65.7 Å². The summed E-state index contributed by atoms with van der Waals surface area (Å²) in [6, 6.07) is 12.1. The van der Waals surface area contributed by atoms with Crippen LogP contribution in [0.2, 0.25) is 0 Å². The number of rotatable bonds is 12. The lowest BCUT2D eigenvalue weighted by Gasteiger charge is -2.15. The van der Waals surface area contributed by atoms with Crippen molar-refractivity contribution >= 4 is 43.1 Å². The highest BCUT2D eigenvalue weighted by atomic mass is 32.2. The number of nitrogens with zero attached hydrogens (tertiary/aromatic N) is 2. The molecule has 4 rings (SSSR count). The molecule has 0 spiro atoms. The molecule has 0 aliphatic heterocycles. The number of halogens is 2. The number of pyridine rings is 1. The average molecular weight is 588 g/mol. The number of ketones is 1. The molecule has 1 N–H and O–H groups in total. The zero-order valence-electron chi connectivity index (χ0n) is 21.8. The van der Waals surface area contributed by atoms with Gasteiger partial charge in [0.1, 0.15) is 10.8 Å². The summed E-state index contributed by atoms with van der Waals surface area (Å²) in [5.41, 5.74) is 1.79. The molecule has 4 aromatic rings. The van der Waals surface area contributed by atoms with Gasteiger partial charge in [0.2, 0.25) is 11.9 Å². The first kappa shape index (κ1) is 29.4. The Kier molecular flexibility index (Phi) is 9.33. The number of sulfone groups is 1. The fraction of sp³-hybridized carbons (Fsp3) is 0.286. The molecule has 2 heterocycles. The summed E-state index contributed by atoms with van der Waals surface area (Å²) >= 11 is 1.00. The molecule has 1 atom stereocenters. The number of hydrogen-bond acceptors (Lipinski definition) is 8. The van der Waals surface area contributed by atoms with Crippen molar-refractivity contribution in [3.8, 4) is 11.1 Å². The van der Waals surface area contributed by atoms with E-state index in [1.807, 2.05) is 13.8 Å². The number of aromatic nitrogens is 2. The van der Waals surface area contributed by atoms with Crippen LogP contribution < -0.4 is 5.32 Å². The largest absolute Gasteiger partial charge is 0.379 e. The van der Waals surface area contributed by atoms with Crippen molar-refractivity contribution < 1.29 is 31.5 Å². The molecule has 210 valence electrons. The van der Waals surface area contributed by atoms with Gasteiger partial charge in [0, 0.05) is 24.8 Å². The van der Waals surface area contributed by atoms with E-state index < -0.39 is 32.8 Å². The molecule has 0 aliphatic rings. The molecule has 2 aromatic heterocycles. The quantitative estimate of drug-likeness (QED) is 0.140. The van der Waals surface area contributed by atoms with Gasteiger partial charge in [0.15, 0.2) is 20.9 Å². The predicted octanol–water partition coefficient (Wildman–Crippen LogP) is 5.04. The van der Waals surface area contributed by atoms with E-state index in [9.17, 15) is 26.8 Å². The molecule has 0 bridgehead atoms. The van der Waals surface area contributed by atoms with Crippen LogP contribution >= 0.6 is 11.3 Å². The number of ether oxygens (including phenoxy) is 1. The maximum Gasteiger partial charge on any atom is 0.246 e. The van der Waals surface area contributed by atoms with Gasteiger partial charge in [-0.15, -0.1) is 11.3 Å². The van der Waals surface area contributed by atoms with E-state index in [4.69, 9.17) is 4.74 Å². The second-order valence-corrected chi connectivity index (χ2v) is 12.4. The van der Waals surface area contributed by atoms with Crippen LogP contribution in [0.4, 0.5) is 8.78 Å². The molecule has 0 saturated heterocycles. The Hall–Kier alpha value is -3.61. The van der Waals surface area contributed by atoms with E-state index in [0.29, 0.717) is 34.4 Å². The van der Waals surface area contributed by atoms with Gasteiger partial charge < -0.3 is 10.1 Å². The minimum atomic E-state index is -4.38. The predicted molar refractivity (Wildman–Crippen MR) is 147 cm³/mol. The topological polar surface area (TPSA) is 115 Å². The van der Waals surface area contributed by atoms with Gasteiger partial charge in [-0.2, -0.15) is 4.39 Å². The van der Waals surface area contributed by atoms with Gasteiger partial charge in [-0.25, -0.2) is 22.8 Å². The minimum absolute atomic E-state index is 0.0102. The number of nitrogens with one attached hydrogen (secondary N) is 1. The summed E-state index contributed by atoms with van der Waals surface area (Å²) in [5.74, 6) is -2.44. The molecule has 8 nitrogen and oxygen atoms in total. The summed E-state index contributed by atoms with van der Waals surface area (Å²) in [4.78, 5) is 33.5. The molecule has 40 heavy (non-hydrogen) atoms. The van der Waals surface area contributed by atoms with Gasteiger partial charge in [0.25, 0.3) is 0 Å². The maximum absolute atomic E-state index is 13.6. The summed E-state index contributed by atoms with van der Waals surface area (Å²) in [6.45, 7) is 3.79. The summed E-state index contributed by atoms with van der Waals surface area (Å²) in [5, 5.41) is 0.660. The first-order chi connectivity index (χ1) is 19.0. The lowest BCUT2D eigenvalue weighted by Crippen LogP contribution is -2.37. The van der Waals surface area contributed by atoms with Crippen LogP contribution in [-0.4, -0.2) is 49.3 Å². The number of benzene rings is 2. The summed E-state index contributed by atoms with van der Waals surface area (Å²) < 4.78 is 60.1. The highest BCUT2D eigenvalue weighted by Gasteiger charge is 2.38. The zero-order chi connectivity index (χ0) is 28.9. The average Bonchev–Trinajstić information content (AvgIpc) is 3.33. The van der Waals surface area contributed by atoms with E-state index in [1.165, 1.54) is 12.3 Å². The fourth-order valence-corrected chi connectivity index (χ4v) is 6.86. The van der Waals surface area contributed by atoms with E-state index in [1.54, 1.807) is 24.3 Å². The second-order valence-electron chi connectivity index (χ2n) is 9.26. The summed E-state index contributed by atoms with van der Waals surface area (Å²) in [6.07, 6.45) is 2.03. The summed E-state index contributed by atoms with van der Waals surface area (Å²) in [7, 11) is -4.38. The number of carbonyl (C=O) groups is 2. The second kappa shape index (κ2) is 12.7. The van der Waals surface area contributed by atoms with Gasteiger partial charge in [-0.3, -0.25) is 9.59 Å². The van der Waals surface area contributed by atoms with Crippen LogP contribution in [0.5, 0.6) is 0 Å². The molecule has 0 aliphatic carbocycles. The van der Waals surface area contributed by atoms with Crippen molar-refractivity contribution in [1.82, 2.24) is 15.3 Å². The zero-order valence-corrected chi connectivity index (χ0v) is 23.4. The van der Waals surface area contributed by atoms with Crippen LogP contribution in [0, 0.1) is 11.8 Å². The molecule has 12 heteroatoms.